The fourth-order valence-corrected chi connectivity index (χ4v) is 2.97. The minimum Gasteiger partial charge on any atom is -0.294 e. The molecule has 0 N–H and O–H groups in total. The maximum absolute atomic E-state index is 4.03. The average Bonchev–Trinajstić information content (AvgIpc) is 2.82. The summed E-state index contributed by atoms with van der Waals surface area (Å²) >= 11 is 1.85. The largest absolute Gasteiger partial charge is 0.294 e. The molecular weight excluding hydrogens is 220 g/mol. The smallest absolute Gasteiger partial charge is 0.0790 e. The molecule has 2 aromatic rings. The third kappa shape index (κ3) is 1.76. The van der Waals surface area contributed by atoms with Crippen LogP contribution in [-0.2, 0) is 6.54 Å². The van der Waals surface area contributed by atoms with E-state index >= 15 is 0 Å². The van der Waals surface area contributed by atoms with E-state index in [4.69, 9.17) is 0 Å². The zero-order valence-electron chi connectivity index (χ0n) is 9.21. The van der Waals surface area contributed by atoms with E-state index in [-0.39, 0.29) is 0 Å². The van der Waals surface area contributed by atoms with Gasteiger partial charge in [-0.3, -0.25) is 4.90 Å². The Morgan fingerprint density at radius 3 is 3.00 bits per heavy atom. The van der Waals surface area contributed by atoms with E-state index in [9.17, 15) is 0 Å². The van der Waals surface area contributed by atoms with Crippen LogP contribution in [0.5, 0.6) is 0 Å². The molecule has 0 unspecified atom stereocenters. The second kappa shape index (κ2) is 3.99. The van der Waals surface area contributed by atoms with Crippen LogP contribution in [0.25, 0.3) is 0 Å². The summed E-state index contributed by atoms with van der Waals surface area (Å²) in [5, 5.41) is 10.0. The molecule has 1 aliphatic heterocycles. The molecule has 3 heterocycles. The van der Waals surface area contributed by atoms with Gasteiger partial charge in [-0.15, -0.1) is 16.4 Å². The van der Waals surface area contributed by atoms with Gasteiger partial charge in [0.25, 0.3) is 0 Å². The fraction of sp³-hybridized carbons (Fsp3) is 0.455. The Morgan fingerprint density at radius 2 is 2.38 bits per heavy atom. The molecule has 0 spiro atoms. The van der Waals surface area contributed by atoms with Gasteiger partial charge in [0.05, 0.1) is 12.2 Å². The topological polar surface area (TPSA) is 34.0 Å². The van der Waals surface area contributed by atoms with Crippen LogP contribution in [-0.4, -0.2) is 33.0 Å². The highest BCUT2D eigenvalue weighted by molar-refractivity contribution is 7.10. The molecule has 4 nitrogen and oxygen atoms in total. The normalized spacial score (nSPS) is 17.6. The van der Waals surface area contributed by atoms with Crippen LogP contribution in [0.2, 0.25) is 0 Å². The summed E-state index contributed by atoms with van der Waals surface area (Å²) in [5.41, 5.74) is 1.41. The highest BCUT2D eigenvalue weighted by Crippen LogP contribution is 2.25. The summed E-state index contributed by atoms with van der Waals surface area (Å²) in [6.07, 6.45) is 3.68. The lowest BCUT2D eigenvalue weighted by molar-refractivity contribution is 0.0905. The quantitative estimate of drug-likeness (QED) is 0.810. The standard InChI is InChI=1S/C11H14N4S/c1-9-2-5-16-11(9)8-14-6-10(7-14)15-4-3-12-13-15/h2-5,10H,6-8H2,1H3. The van der Waals surface area contributed by atoms with Gasteiger partial charge < -0.3 is 0 Å². The Kier molecular flexibility index (Phi) is 2.49. The van der Waals surface area contributed by atoms with Crippen LogP contribution in [0.4, 0.5) is 0 Å². The molecule has 0 aromatic carbocycles. The first-order chi connectivity index (χ1) is 7.83. The second-order valence-corrected chi connectivity index (χ2v) is 5.26. The first kappa shape index (κ1) is 9.99. The SMILES string of the molecule is Cc1ccsc1CN1CC(n2ccnn2)C1. The molecule has 0 saturated carbocycles. The van der Waals surface area contributed by atoms with Crippen molar-refractivity contribution < 1.29 is 0 Å². The molecule has 0 atom stereocenters. The van der Waals surface area contributed by atoms with Gasteiger partial charge in [-0.05, 0) is 23.9 Å². The molecule has 3 rings (SSSR count). The average molecular weight is 234 g/mol. The highest BCUT2D eigenvalue weighted by atomic mass is 32.1. The lowest BCUT2D eigenvalue weighted by atomic mass is 10.1. The molecule has 5 heteroatoms. The summed E-state index contributed by atoms with van der Waals surface area (Å²) in [5.74, 6) is 0. The van der Waals surface area contributed by atoms with Crippen molar-refractivity contribution in [1.82, 2.24) is 19.9 Å². The van der Waals surface area contributed by atoms with Crippen LogP contribution >= 0.6 is 11.3 Å². The molecular formula is C11H14N4S. The number of hydrogen-bond acceptors (Lipinski definition) is 4. The maximum atomic E-state index is 4.03. The Bertz CT molecular complexity index is 456. The highest BCUT2D eigenvalue weighted by Gasteiger charge is 2.28. The van der Waals surface area contributed by atoms with E-state index in [0.717, 1.165) is 19.6 Å². The summed E-state index contributed by atoms with van der Waals surface area (Å²) in [6.45, 7) is 5.43. The van der Waals surface area contributed by atoms with E-state index in [2.05, 4.69) is 33.6 Å². The third-order valence-corrected chi connectivity index (χ3v) is 4.10. The first-order valence-corrected chi connectivity index (χ1v) is 6.32. The third-order valence-electron chi connectivity index (χ3n) is 3.09. The van der Waals surface area contributed by atoms with Gasteiger partial charge in [-0.25, -0.2) is 4.68 Å². The number of likely N-dealkylation sites (tertiary alicyclic amines) is 1. The van der Waals surface area contributed by atoms with Crippen LogP contribution in [0.15, 0.2) is 23.8 Å². The monoisotopic (exact) mass is 234 g/mol. The number of nitrogens with zero attached hydrogens (tertiary/aromatic N) is 4. The van der Waals surface area contributed by atoms with Crippen molar-refractivity contribution in [2.45, 2.75) is 19.5 Å². The number of aryl methyl sites for hydroxylation is 1. The van der Waals surface area contributed by atoms with E-state index < -0.39 is 0 Å². The molecule has 0 radical (unpaired) electrons. The molecule has 1 aliphatic rings. The summed E-state index contributed by atoms with van der Waals surface area (Å²) in [7, 11) is 0. The van der Waals surface area contributed by atoms with Crippen molar-refractivity contribution in [1.29, 1.82) is 0 Å². The molecule has 0 aliphatic carbocycles. The summed E-state index contributed by atoms with van der Waals surface area (Å²) in [4.78, 5) is 3.93. The number of rotatable bonds is 3. The van der Waals surface area contributed by atoms with E-state index in [1.165, 1.54) is 10.4 Å². The lowest BCUT2D eigenvalue weighted by Crippen LogP contribution is -2.47. The fourth-order valence-electron chi connectivity index (χ4n) is 2.02. The van der Waals surface area contributed by atoms with Crippen molar-refractivity contribution in [2.24, 2.45) is 0 Å². The predicted octanol–water partition coefficient (Wildman–Crippen LogP) is 1.70. The van der Waals surface area contributed by atoms with Gasteiger partial charge >= 0.3 is 0 Å². The van der Waals surface area contributed by atoms with Crippen molar-refractivity contribution in [3.8, 4) is 0 Å². The van der Waals surface area contributed by atoms with Gasteiger partial charge in [0.1, 0.15) is 0 Å². The minimum absolute atomic E-state index is 0.516. The van der Waals surface area contributed by atoms with Crippen LogP contribution in [0.3, 0.4) is 0 Å². The van der Waals surface area contributed by atoms with Crippen molar-refractivity contribution in [2.75, 3.05) is 13.1 Å². The van der Waals surface area contributed by atoms with Crippen LogP contribution in [0.1, 0.15) is 16.5 Å². The van der Waals surface area contributed by atoms with Crippen LogP contribution in [0, 0.1) is 6.92 Å². The maximum Gasteiger partial charge on any atom is 0.0790 e. The molecule has 84 valence electrons. The van der Waals surface area contributed by atoms with Crippen LogP contribution < -0.4 is 0 Å². The zero-order chi connectivity index (χ0) is 11.0. The molecule has 1 saturated heterocycles. The molecule has 16 heavy (non-hydrogen) atoms. The van der Waals surface area contributed by atoms with Gasteiger partial charge in [0.2, 0.25) is 0 Å². The first-order valence-electron chi connectivity index (χ1n) is 5.44. The van der Waals surface area contributed by atoms with Gasteiger partial charge in [0.15, 0.2) is 0 Å². The Labute approximate surface area is 98.5 Å². The Balaban J connectivity index is 1.56. The summed E-state index contributed by atoms with van der Waals surface area (Å²) < 4.78 is 1.96. The van der Waals surface area contributed by atoms with Crippen molar-refractivity contribution >= 4 is 11.3 Å². The number of hydrogen-bond donors (Lipinski definition) is 0. The number of thiophene rings is 1. The molecule has 0 amide bonds. The lowest BCUT2D eigenvalue weighted by Gasteiger charge is -2.38. The van der Waals surface area contributed by atoms with E-state index in [1.54, 1.807) is 6.20 Å². The Morgan fingerprint density at radius 1 is 1.50 bits per heavy atom. The van der Waals surface area contributed by atoms with Crippen molar-refractivity contribution in [3.63, 3.8) is 0 Å². The molecule has 1 fully saturated rings. The Hall–Kier alpha value is -1.20. The van der Waals surface area contributed by atoms with E-state index in [0.29, 0.717) is 6.04 Å². The van der Waals surface area contributed by atoms with Gasteiger partial charge in [-0.2, -0.15) is 0 Å². The second-order valence-electron chi connectivity index (χ2n) is 4.26. The van der Waals surface area contributed by atoms with Gasteiger partial charge in [-0.1, -0.05) is 5.21 Å². The molecule has 0 bridgehead atoms. The predicted molar refractivity (Wildman–Crippen MR) is 63.4 cm³/mol. The van der Waals surface area contributed by atoms with Gasteiger partial charge in [0, 0.05) is 30.7 Å². The molecule has 2 aromatic heterocycles. The minimum atomic E-state index is 0.516. The van der Waals surface area contributed by atoms with E-state index in [1.807, 2.05) is 22.2 Å². The zero-order valence-corrected chi connectivity index (χ0v) is 10.0. The number of aromatic nitrogens is 3. The van der Waals surface area contributed by atoms with Crippen molar-refractivity contribution in [3.05, 3.63) is 34.3 Å². The summed E-state index contributed by atoms with van der Waals surface area (Å²) in [6, 6.07) is 2.71.